The van der Waals surface area contributed by atoms with Gasteiger partial charge in [0, 0.05) is 5.69 Å². The number of anilines is 2. The zero-order valence-electron chi connectivity index (χ0n) is 10.3. The summed E-state index contributed by atoms with van der Waals surface area (Å²) in [6, 6.07) is 3.76. The number of hydrogen-bond acceptors (Lipinski definition) is 4. The first-order valence-corrected chi connectivity index (χ1v) is 7.12. The molecule has 3 N–H and O–H groups in total. The lowest BCUT2D eigenvalue weighted by atomic mass is 10.3. The van der Waals surface area contributed by atoms with Crippen LogP contribution in [0.1, 0.15) is 13.8 Å². The summed E-state index contributed by atoms with van der Waals surface area (Å²) in [4.78, 5) is 0. The second-order valence-corrected chi connectivity index (χ2v) is 5.92. The van der Waals surface area contributed by atoms with Crippen LogP contribution in [0.3, 0.4) is 0 Å². The molecule has 0 spiro atoms. The van der Waals surface area contributed by atoms with Gasteiger partial charge in [-0.15, -0.1) is 0 Å². The molecule has 0 aliphatic carbocycles. The van der Waals surface area contributed by atoms with E-state index in [4.69, 9.17) is 10.5 Å². The maximum Gasteiger partial charge on any atom is 0.235 e. The molecule has 18 heavy (non-hydrogen) atoms. The van der Waals surface area contributed by atoms with Gasteiger partial charge in [0.05, 0.1) is 24.2 Å². The summed E-state index contributed by atoms with van der Waals surface area (Å²) in [5.74, 6) is -0.932. The molecule has 1 aromatic carbocycles. The normalized spacial score (nSPS) is 11.8. The quantitative estimate of drug-likeness (QED) is 0.773. The summed E-state index contributed by atoms with van der Waals surface area (Å²) < 4.78 is 43.9. The minimum atomic E-state index is -3.62. The van der Waals surface area contributed by atoms with E-state index in [-0.39, 0.29) is 29.8 Å². The minimum Gasteiger partial charge on any atom is -0.399 e. The Kier molecular flexibility index (Phi) is 4.92. The molecule has 7 heteroatoms. The molecule has 0 radical (unpaired) electrons. The average Bonchev–Trinajstić information content (AvgIpc) is 2.21. The first-order valence-electron chi connectivity index (χ1n) is 5.47. The number of ether oxygens (including phenoxy) is 1. The Balaban J connectivity index is 2.65. The Morgan fingerprint density at radius 2 is 2.11 bits per heavy atom. The lowest BCUT2D eigenvalue weighted by Gasteiger charge is -2.11. The van der Waals surface area contributed by atoms with E-state index in [2.05, 4.69) is 4.72 Å². The molecule has 0 amide bonds. The van der Waals surface area contributed by atoms with Gasteiger partial charge in [0.25, 0.3) is 0 Å². The number of halogens is 1. The lowest BCUT2D eigenvalue weighted by molar-refractivity contribution is 0.0913. The Morgan fingerprint density at radius 1 is 1.44 bits per heavy atom. The van der Waals surface area contributed by atoms with Gasteiger partial charge in [-0.3, -0.25) is 4.72 Å². The fraction of sp³-hybridized carbons (Fsp3) is 0.455. The molecule has 1 rings (SSSR count). The number of sulfonamides is 1. The molecule has 0 aromatic heterocycles. The van der Waals surface area contributed by atoms with E-state index in [1.165, 1.54) is 12.1 Å². The fourth-order valence-electron chi connectivity index (χ4n) is 1.23. The zero-order chi connectivity index (χ0) is 13.8. The summed E-state index contributed by atoms with van der Waals surface area (Å²) in [6.07, 6.45) is -0.0477. The Labute approximate surface area is 106 Å². The number of benzene rings is 1. The summed E-state index contributed by atoms with van der Waals surface area (Å²) in [5, 5.41) is 0. The Morgan fingerprint density at radius 3 is 2.67 bits per heavy atom. The Hall–Kier alpha value is -1.34. The smallest absolute Gasteiger partial charge is 0.235 e. The monoisotopic (exact) mass is 276 g/mol. The molecule has 0 aliphatic rings. The van der Waals surface area contributed by atoms with Crippen LogP contribution in [-0.2, 0) is 14.8 Å². The van der Waals surface area contributed by atoms with Crippen molar-refractivity contribution in [2.45, 2.75) is 20.0 Å². The van der Waals surface area contributed by atoms with Crippen molar-refractivity contribution in [2.75, 3.05) is 22.8 Å². The van der Waals surface area contributed by atoms with Gasteiger partial charge >= 0.3 is 0 Å². The highest BCUT2D eigenvalue weighted by atomic mass is 32.2. The number of hydrogen-bond donors (Lipinski definition) is 2. The number of nitrogen functional groups attached to an aromatic ring is 1. The van der Waals surface area contributed by atoms with Gasteiger partial charge in [0.2, 0.25) is 10.0 Å². The van der Waals surface area contributed by atoms with Crippen LogP contribution in [0.4, 0.5) is 15.8 Å². The fourth-order valence-corrected chi connectivity index (χ4v) is 2.14. The number of nitrogens with one attached hydrogen (secondary N) is 1. The van der Waals surface area contributed by atoms with E-state index in [1.54, 1.807) is 13.8 Å². The highest BCUT2D eigenvalue weighted by Gasteiger charge is 2.13. The molecule has 0 heterocycles. The van der Waals surface area contributed by atoms with Crippen LogP contribution in [-0.4, -0.2) is 26.9 Å². The van der Waals surface area contributed by atoms with Crippen molar-refractivity contribution in [3.05, 3.63) is 24.0 Å². The summed E-state index contributed by atoms with van der Waals surface area (Å²) >= 11 is 0. The Bertz CT molecular complexity index is 503. The van der Waals surface area contributed by atoms with Crippen LogP contribution in [0.25, 0.3) is 0 Å². The van der Waals surface area contributed by atoms with Crippen LogP contribution in [0, 0.1) is 5.82 Å². The van der Waals surface area contributed by atoms with E-state index in [0.29, 0.717) is 0 Å². The number of rotatable bonds is 6. The molecule has 0 atom stereocenters. The second-order valence-electron chi connectivity index (χ2n) is 4.08. The van der Waals surface area contributed by atoms with Gasteiger partial charge in [0.15, 0.2) is 0 Å². The van der Waals surface area contributed by atoms with E-state index >= 15 is 0 Å². The third kappa shape index (κ3) is 4.89. The molecule has 5 nitrogen and oxygen atoms in total. The lowest BCUT2D eigenvalue weighted by Crippen LogP contribution is -2.22. The molecular weight excluding hydrogens is 259 g/mol. The molecule has 0 saturated heterocycles. The first kappa shape index (κ1) is 14.7. The molecule has 0 fully saturated rings. The third-order valence-corrected chi connectivity index (χ3v) is 3.30. The summed E-state index contributed by atoms with van der Waals surface area (Å²) in [7, 11) is -3.62. The van der Waals surface area contributed by atoms with E-state index < -0.39 is 15.8 Å². The average molecular weight is 276 g/mol. The van der Waals surface area contributed by atoms with Gasteiger partial charge in [-0.25, -0.2) is 12.8 Å². The van der Waals surface area contributed by atoms with E-state index in [0.717, 1.165) is 6.07 Å². The van der Waals surface area contributed by atoms with Crippen molar-refractivity contribution in [3.63, 3.8) is 0 Å². The SMILES string of the molecule is CC(C)OCCS(=O)(=O)Nc1ccc(N)cc1F. The highest BCUT2D eigenvalue weighted by molar-refractivity contribution is 7.92. The van der Waals surface area contributed by atoms with Crippen molar-refractivity contribution in [2.24, 2.45) is 0 Å². The van der Waals surface area contributed by atoms with Crippen LogP contribution in [0.5, 0.6) is 0 Å². The van der Waals surface area contributed by atoms with E-state index in [9.17, 15) is 12.8 Å². The predicted octanol–water partition coefficient (Wildman–Crippen LogP) is 1.57. The minimum absolute atomic E-state index is 0.0477. The van der Waals surface area contributed by atoms with Crippen LogP contribution in [0.2, 0.25) is 0 Å². The van der Waals surface area contributed by atoms with Crippen LogP contribution < -0.4 is 10.5 Å². The van der Waals surface area contributed by atoms with Crippen molar-refractivity contribution >= 4 is 21.4 Å². The van der Waals surface area contributed by atoms with Gasteiger partial charge in [-0.05, 0) is 32.0 Å². The zero-order valence-corrected chi connectivity index (χ0v) is 11.1. The van der Waals surface area contributed by atoms with Gasteiger partial charge in [-0.2, -0.15) is 0 Å². The number of nitrogens with two attached hydrogens (primary N) is 1. The van der Waals surface area contributed by atoms with Gasteiger partial charge < -0.3 is 10.5 Å². The predicted molar refractivity (Wildman–Crippen MR) is 69.3 cm³/mol. The molecule has 0 aliphatic heterocycles. The standard InChI is InChI=1S/C11H17FN2O3S/c1-8(2)17-5-6-18(15,16)14-11-4-3-9(13)7-10(11)12/h3-4,7-8,14H,5-6,13H2,1-2H3. The topological polar surface area (TPSA) is 81.4 Å². The molecule has 0 bridgehead atoms. The van der Waals surface area contributed by atoms with Crippen molar-refractivity contribution in [1.29, 1.82) is 0 Å². The summed E-state index contributed by atoms with van der Waals surface area (Å²) in [6.45, 7) is 3.67. The first-order chi connectivity index (χ1) is 8.30. The van der Waals surface area contributed by atoms with Crippen molar-refractivity contribution in [3.8, 4) is 0 Å². The third-order valence-electron chi connectivity index (χ3n) is 2.06. The maximum atomic E-state index is 13.4. The molecule has 0 unspecified atom stereocenters. The molecule has 102 valence electrons. The van der Waals surface area contributed by atoms with Crippen molar-refractivity contribution < 1.29 is 17.5 Å². The largest absolute Gasteiger partial charge is 0.399 e. The van der Waals surface area contributed by atoms with Gasteiger partial charge in [0.1, 0.15) is 5.82 Å². The van der Waals surface area contributed by atoms with Crippen molar-refractivity contribution in [1.82, 2.24) is 0 Å². The molecule has 1 aromatic rings. The van der Waals surface area contributed by atoms with Crippen LogP contribution in [0.15, 0.2) is 18.2 Å². The molecular formula is C11H17FN2O3S. The van der Waals surface area contributed by atoms with Crippen LogP contribution >= 0.6 is 0 Å². The second kappa shape index (κ2) is 6.01. The highest BCUT2D eigenvalue weighted by Crippen LogP contribution is 2.18. The maximum absolute atomic E-state index is 13.4. The molecule has 0 saturated carbocycles. The van der Waals surface area contributed by atoms with Gasteiger partial charge in [-0.1, -0.05) is 0 Å². The summed E-state index contributed by atoms with van der Waals surface area (Å²) in [5.41, 5.74) is 5.49. The van der Waals surface area contributed by atoms with E-state index in [1.807, 2.05) is 0 Å².